The second-order valence-electron chi connectivity index (χ2n) is 7.25. The van der Waals surface area contributed by atoms with E-state index in [1.54, 1.807) is 0 Å². The molecule has 0 aromatic carbocycles. The molecule has 2 aliphatic rings. The van der Waals surface area contributed by atoms with E-state index in [2.05, 4.69) is 54.9 Å². The number of hydrogen-bond donors (Lipinski definition) is 0. The summed E-state index contributed by atoms with van der Waals surface area (Å²) in [6, 6.07) is 0.611. The molecule has 1 aromatic heterocycles. The van der Waals surface area contributed by atoms with Crippen LogP contribution in [0.2, 0.25) is 0 Å². The topological polar surface area (TPSA) is 21.1 Å². The predicted molar refractivity (Wildman–Crippen MR) is 73.8 cm³/mol. The van der Waals surface area contributed by atoms with Gasteiger partial charge in [0, 0.05) is 18.3 Å². The van der Waals surface area contributed by atoms with E-state index < -0.39 is 0 Å². The van der Waals surface area contributed by atoms with Crippen LogP contribution in [0.4, 0.5) is 0 Å². The molecule has 100 valence electrons. The maximum atomic E-state index is 4.62. The molecule has 1 saturated carbocycles. The summed E-state index contributed by atoms with van der Waals surface area (Å²) in [5.41, 5.74) is 2.09. The molecule has 0 radical (unpaired) electrons. The maximum absolute atomic E-state index is 4.62. The summed E-state index contributed by atoms with van der Waals surface area (Å²) in [7, 11) is 2.28. The molecule has 2 heterocycles. The van der Waals surface area contributed by atoms with E-state index in [0.29, 0.717) is 11.6 Å². The van der Waals surface area contributed by atoms with Crippen molar-refractivity contribution in [3.8, 4) is 0 Å². The van der Waals surface area contributed by atoms with Crippen molar-refractivity contribution in [1.82, 2.24) is 14.7 Å². The lowest BCUT2D eigenvalue weighted by atomic mass is 9.89. The summed E-state index contributed by atoms with van der Waals surface area (Å²) in [4.78, 5) is 2.57. The predicted octanol–water partition coefficient (Wildman–Crippen LogP) is 2.98. The monoisotopic (exact) mass is 247 g/mol. The highest BCUT2D eigenvalue weighted by Crippen LogP contribution is 2.50. The van der Waals surface area contributed by atoms with Crippen LogP contribution in [0, 0.1) is 0 Å². The van der Waals surface area contributed by atoms with Gasteiger partial charge in [0.2, 0.25) is 0 Å². The molecule has 1 spiro atoms. The molecule has 1 aliphatic heterocycles. The van der Waals surface area contributed by atoms with Crippen molar-refractivity contribution in [2.75, 3.05) is 13.6 Å². The number of aromatic nitrogens is 2. The highest BCUT2D eigenvalue weighted by molar-refractivity contribution is 5.16. The lowest BCUT2D eigenvalue weighted by Crippen LogP contribution is -2.42. The SMILES string of the molecule is CN1CC[C@H](n2cc(C(C)(C)C)cn2)CC12CC2. The molecule has 3 nitrogen and oxygen atoms in total. The molecular weight excluding hydrogens is 222 g/mol. The van der Waals surface area contributed by atoms with Crippen LogP contribution in [0.3, 0.4) is 0 Å². The summed E-state index contributed by atoms with van der Waals surface area (Å²) < 4.78 is 2.23. The van der Waals surface area contributed by atoms with Gasteiger partial charge in [-0.3, -0.25) is 4.68 Å². The lowest BCUT2D eigenvalue weighted by Gasteiger charge is -2.37. The number of hydrogen-bond acceptors (Lipinski definition) is 2. The van der Waals surface area contributed by atoms with E-state index in [1.807, 2.05) is 0 Å². The molecule has 0 unspecified atom stereocenters. The van der Waals surface area contributed by atoms with Crippen molar-refractivity contribution in [3.05, 3.63) is 18.0 Å². The van der Waals surface area contributed by atoms with Gasteiger partial charge in [-0.2, -0.15) is 5.10 Å². The largest absolute Gasteiger partial charge is 0.301 e. The fourth-order valence-corrected chi connectivity index (χ4v) is 3.16. The van der Waals surface area contributed by atoms with Gasteiger partial charge in [-0.25, -0.2) is 0 Å². The second kappa shape index (κ2) is 3.83. The van der Waals surface area contributed by atoms with Crippen molar-refractivity contribution in [3.63, 3.8) is 0 Å². The number of piperidine rings is 1. The van der Waals surface area contributed by atoms with Gasteiger partial charge < -0.3 is 4.90 Å². The zero-order valence-electron chi connectivity index (χ0n) is 12.1. The summed E-state index contributed by atoms with van der Waals surface area (Å²) in [6.45, 7) is 7.98. The van der Waals surface area contributed by atoms with Crippen LogP contribution >= 0.6 is 0 Å². The Morgan fingerprint density at radius 2 is 2.06 bits per heavy atom. The third-order valence-corrected chi connectivity index (χ3v) is 4.89. The van der Waals surface area contributed by atoms with Gasteiger partial charge in [0.25, 0.3) is 0 Å². The van der Waals surface area contributed by atoms with Gasteiger partial charge >= 0.3 is 0 Å². The molecule has 3 rings (SSSR count). The third-order valence-electron chi connectivity index (χ3n) is 4.89. The molecular formula is C15H25N3. The number of rotatable bonds is 1. The molecule has 1 atom stereocenters. The van der Waals surface area contributed by atoms with Crippen molar-refractivity contribution in [2.24, 2.45) is 0 Å². The maximum Gasteiger partial charge on any atom is 0.0549 e. The number of likely N-dealkylation sites (tertiary alicyclic amines) is 1. The summed E-state index contributed by atoms with van der Waals surface area (Å²) in [5.74, 6) is 0. The van der Waals surface area contributed by atoms with Gasteiger partial charge in [-0.05, 0) is 43.7 Å². The summed E-state index contributed by atoms with van der Waals surface area (Å²) in [6.07, 6.45) is 9.61. The van der Waals surface area contributed by atoms with E-state index in [-0.39, 0.29) is 5.41 Å². The first-order chi connectivity index (χ1) is 8.41. The minimum Gasteiger partial charge on any atom is -0.301 e. The molecule has 1 aromatic rings. The Labute approximate surface area is 110 Å². The quantitative estimate of drug-likeness (QED) is 0.760. The Morgan fingerprint density at radius 3 is 2.61 bits per heavy atom. The van der Waals surface area contributed by atoms with Crippen molar-refractivity contribution < 1.29 is 0 Å². The van der Waals surface area contributed by atoms with Crippen molar-refractivity contribution >= 4 is 0 Å². The normalized spacial score (nSPS) is 27.7. The average Bonchev–Trinajstić information content (AvgIpc) is 2.88. The van der Waals surface area contributed by atoms with E-state index in [0.717, 1.165) is 0 Å². The standard InChI is InChI=1S/C15H25N3/c1-14(2,3)12-10-16-18(11-12)13-5-8-17(4)15(9-13)6-7-15/h10-11,13H,5-9H2,1-4H3/t13-/m0/s1. The molecule has 1 saturated heterocycles. The minimum atomic E-state index is 0.209. The first-order valence-electron chi connectivity index (χ1n) is 7.17. The zero-order chi connectivity index (χ0) is 13.0. The van der Waals surface area contributed by atoms with Crippen LogP contribution in [-0.2, 0) is 5.41 Å². The van der Waals surface area contributed by atoms with Gasteiger partial charge in [-0.1, -0.05) is 20.8 Å². The van der Waals surface area contributed by atoms with Crippen LogP contribution in [0.5, 0.6) is 0 Å². The molecule has 1 aliphatic carbocycles. The lowest BCUT2D eigenvalue weighted by molar-refractivity contribution is 0.121. The minimum absolute atomic E-state index is 0.209. The Morgan fingerprint density at radius 1 is 1.33 bits per heavy atom. The van der Waals surface area contributed by atoms with Gasteiger partial charge in [0.15, 0.2) is 0 Å². The third kappa shape index (κ3) is 1.99. The molecule has 0 N–H and O–H groups in total. The highest BCUT2D eigenvalue weighted by Gasteiger charge is 2.50. The van der Waals surface area contributed by atoms with Gasteiger partial charge in [0.05, 0.1) is 12.2 Å². The fraction of sp³-hybridized carbons (Fsp3) is 0.800. The summed E-state index contributed by atoms with van der Waals surface area (Å²) >= 11 is 0. The summed E-state index contributed by atoms with van der Waals surface area (Å²) in [5, 5.41) is 4.62. The highest BCUT2D eigenvalue weighted by atomic mass is 15.3. The Kier molecular flexibility index (Phi) is 2.60. The Hall–Kier alpha value is -0.830. The van der Waals surface area contributed by atoms with E-state index >= 15 is 0 Å². The average molecular weight is 247 g/mol. The van der Waals surface area contributed by atoms with E-state index in [4.69, 9.17) is 0 Å². The molecule has 0 bridgehead atoms. The van der Waals surface area contributed by atoms with Crippen LogP contribution in [0.1, 0.15) is 58.1 Å². The number of nitrogens with zero attached hydrogens (tertiary/aromatic N) is 3. The zero-order valence-corrected chi connectivity index (χ0v) is 12.1. The van der Waals surface area contributed by atoms with E-state index in [9.17, 15) is 0 Å². The van der Waals surface area contributed by atoms with Crippen LogP contribution in [0.15, 0.2) is 12.4 Å². The molecule has 0 amide bonds. The van der Waals surface area contributed by atoms with Crippen LogP contribution in [0.25, 0.3) is 0 Å². The van der Waals surface area contributed by atoms with E-state index in [1.165, 1.54) is 37.8 Å². The van der Waals surface area contributed by atoms with Gasteiger partial charge in [0.1, 0.15) is 0 Å². The smallest absolute Gasteiger partial charge is 0.0549 e. The second-order valence-corrected chi connectivity index (χ2v) is 7.25. The fourth-order valence-electron chi connectivity index (χ4n) is 3.16. The molecule has 3 heteroatoms. The van der Waals surface area contributed by atoms with Crippen molar-refractivity contribution in [1.29, 1.82) is 0 Å². The van der Waals surface area contributed by atoms with Crippen LogP contribution < -0.4 is 0 Å². The van der Waals surface area contributed by atoms with Crippen LogP contribution in [-0.4, -0.2) is 33.8 Å². The Balaban J connectivity index is 1.77. The Bertz CT molecular complexity index is 437. The van der Waals surface area contributed by atoms with Crippen molar-refractivity contribution in [2.45, 2.75) is 63.5 Å². The first kappa shape index (κ1) is 12.2. The molecule has 18 heavy (non-hydrogen) atoms. The van der Waals surface area contributed by atoms with Gasteiger partial charge in [-0.15, -0.1) is 0 Å². The first-order valence-corrected chi connectivity index (χ1v) is 7.17. The molecule has 2 fully saturated rings.